The lowest BCUT2D eigenvalue weighted by Gasteiger charge is -2.14. The van der Waals surface area contributed by atoms with Gasteiger partial charge in [-0.25, -0.2) is 0 Å². The number of rotatable bonds is 3. The van der Waals surface area contributed by atoms with Gasteiger partial charge in [-0.05, 0) is 25.8 Å². The summed E-state index contributed by atoms with van der Waals surface area (Å²) in [6.45, 7) is 1.54. The molecule has 1 saturated heterocycles. The van der Waals surface area contributed by atoms with Gasteiger partial charge in [0.1, 0.15) is 0 Å². The Morgan fingerprint density at radius 3 is 3.07 bits per heavy atom. The van der Waals surface area contributed by atoms with Gasteiger partial charge in [-0.3, -0.25) is 4.68 Å². The number of aromatic nitrogens is 2. The van der Waals surface area contributed by atoms with E-state index in [4.69, 9.17) is 10.5 Å². The molecule has 1 aromatic heterocycles. The maximum Gasteiger partial charge on any atom is 0.0896 e. The van der Waals surface area contributed by atoms with Crippen molar-refractivity contribution >= 4 is 0 Å². The van der Waals surface area contributed by atoms with E-state index in [0.717, 1.165) is 13.0 Å². The monoisotopic (exact) mass is 207 g/mol. The van der Waals surface area contributed by atoms with Gasteiger partial charge in [0.15, 0.2) is 0 Å². The molecule has 2 aliphatic rings. The Morgan fingerprint density at radius 1 is 1.47 bits per heavy atom. The molecule has 1 saturated carbocycles. The van der Waals surface area contributed by atoms with Crippen molar-refractivity contribution in [2.24, 2.45) is 11.7 Å². The molecule has 4 nitrogen and oxygen atoms in total. The van der Waals surface area contributed by atoms with E-state index in [1.165, 1.54) is 18.4 Å². The van der Waals surface area contributed by atoms with Crippen LogP contribution in [0.15, 0.2) is 12.4 Å². The van der Waals surface area contributed by atoms with Gasteiger partial charge >= 0.3 is 0 Å². The van der Waals surface area contributed by atoms with Crippen molar-refractivity contribution in [1.29, 1.82) is 0 Å². The SMILES string of the molecule is NC[C@@H]1CCO[C@H]1c1cnn(C2CC2)c1. The zero-order valence-corrected chi connectivity index (χ0v) is 8.80. The summed E-state index contributed by atoms with van der Waals surface area (Å²) in [6.07, 6.45) is 7.88. The number of hydrogen-bond acceptors (Lipinski definition) is 3. The molecule has 0 radical (unpaired) electrons. The topological polar surface area (TPSA) is 53.1 Å². The van der Waals surface area contributed by atoms with Crippen LogP contribution >= 0.6 is 0 Å². The quantitative estimate of drug-likeness (QED) is 0.811. The van der Waals surface area contributed by atoms with Crippen molar-refractivity contribution in [3.8, 4) is 0 Å². The van der Waals surface area contributed by atoms with Crippen molar-refractivity contribution in [3.05, 3.63) is 18.0 Å². The van der Waals surface area contributed by atoms with E-state index in [9.17, 15) is 0 Å². The normalized spacial score (nSPS) is 31.0. The van der Waals surface area contributed by atoms with Gasteiger partial charge in [0, 0.05) is 24.3 Å². The Labute approximate surface area is 89.4 Å². The molecule has 4 heteroatoms. The molecule has 0 spiro atoms. The van der Waals surface area contributed by atoms with Gasteiger partial charge < -0.3 is 10.5 Å². The van der Waals surface area contributed by atoms with Crippen LogP contribution in [0.25, 0.3) is 0 Å². The fourth-order valence-corrected chi connectivity index (χ4v) is 2.28. The van der Waals surface area contributed by atoms with Crippen molar-refractivity contribution in [3.63, 3.8) is 0 Å². The van der Waals surface area contributed by atoms with Crippen LogP contribution in [-0.2, 0) is 4.74 Å². The van der Waals surface area contributed by atoms with Crippen LogP contribution in [0.1, 0.15) is 37.0 Å². The van der Waals surface area contributed by atoms with Gasteiger partial charge in [-0.1, -0.05) is 0 Å². The second kappa shape index (κ2) is 3.61. The zero-order valence-electron chi connectivity index (χ0n) is 8.80. The first-order chi connectivity index (χ1) is 7.38. The zero-order chi connectivity index (χ0) is 10.3. The van der Waals surface area contributed by atoms with Crippen LogP contribution in [0.3, 0.4) is 0 Å². The fourth-order valence-electron chi connectivity index (χ4n) is 2.28. The number of nitrogens with two attached hydrogens (primary N) is 1. The summed E-state index contributed by atoms with van der Waals surface area (Å²) >= 11 is 0. The third kappa shape index (κ3) is 1.68. The minimum absolute atomic E-state index is 0.183. The van der Waals surface area contributed by atoms with Gasteiger partial charge in [-0.2, -0.15) is 5.10 Å². The Balaban J connectivity index is 1.78. The van der Waals surface area contributed by atoms with Crippen LogP contribution in [0.4, 0.5) is 0 Å². The second-order valence-electron chi connectivity index (χ2n) is 4.56. The number of ether oxygens (including phenoxy) is 1. The first-order valence-corrected chi connectivity index (χ1v) is 5.74. The van der Waals surface area contributed by atoms with E-state index in [-0.39, 0.29) is 6.10 Å². The van der Waals surface area contributed by atoms with Crippen LogP contribution in [-0.4, -0.2) is 22.9 Å². The second-order valence-corrected chi connectivity index (χ2v) is 4.56. The predicted octanol–water partition coefficient (Wildman–Crippen LogP) is 1.25. The van der Waals surface area contributed by atoms with Crippen molar-refractivity contribution in [2.45, 2.75) is 31.4 Å². The largest absolute Gasteiger partial charge is 0.373 e. The Hall–Kier alpha value is -0.870. The minimum atomic E-state index is 0.183. The van der Waals surface area contributed by atoms with E-state index in [1.54, 1.807) is 0 Å². The first-order valence-electron chi connectivity index (χ1n) is 5.74. The van der Waals surface area contributed by atoms with Gasteiger partial charge in [0.2, 0.25) is 0 Å². The molecular formula is C11H17N3O. The lowest BCUT2D eigenvalue weighted by molar-refractivity contribution is 0.0924. The lowest BCUT2D eigenvalue weighted by atomic mass is 9.98. The summed E-state index contributed by atoms with van der Waals surface area (Å²) in [5.74, 6) is 0.474. The summed E-state index contributed by atoms with van der Waals surface area (Å²) in [5, 5.41) is 4.39. The van der Waals surface area contributed by atoms with Crippen LogP contribution in [0, 0.1) is 5.92 Å². The molecule has 2 N–H and O–H groups in total. The fraction of sp³-hybridized carbons (Fsp3) is 0.727. The van der Waals surface area contributed by atoms with Crippen molar-refractivity contribution in [1.82, 2.24) is 9.78 Å². The highest BCUT2D eigenvalue weighted by Gasteiger charge is 2.31. The summed E-state index contributed by atoms with van der Waals surface area (Å²) in [7, 11) is 0. The van der Waals surface area contributed by atoms with E-state index in [0.29, 0.717) is 18.5 Å². The Kier molecular flexibility index (Phi) is 2.25. The molecule has 2 heterocycles. The molecular weight excluding hydrogens is 190 g/mol. The molecule has 0 bridgehead atoms. The maximum absolute atomic E-state index is 5.73. The highest BCUT2D eigenvalue weighted by molar-refractivity contribution is 5.12. The molecule has 1 aliphatic carbocycles. The molecule has 0 aromatic carbocycles. The Bertz CT molecular complexity index is 345. The van der Waals surface area contributed by atoms with Crippen LogP contribution in [0.5, 0.6) is 0 Å². The third-order valence-corrected chi connectivity index (χ3v) is 3.39. The molecule has 2 atom stereocenters. The van der Waals surface area contributed by atoms with Gasteiger partial charge in [0.05, 0.1) is 18.3 Å². The first kappa shape index (κ1) is 9.36. The molecule has 1 aliphatic heterocycles. The highest BCUT2D eigenvalue weighted by Crippen LogP contribution is 2.37. The van der Waals surface area contributed by atoms with Crippen molar-refractivity contribution in [2.75, 3.05) is 13.2 Å². The van der Waals surface area contributed by atoms with Gasteiger partial charge in [-0.15, -0.1) is 0 Å². The molecule has 0 unspecified atom stereocenters. The van der Waals surface area contributed by atoms with E-state index in [1.807, 2.05) is 6.20 Å². The van der Waals surface area contributed by atoms with E-state index in [2.05, 4.69) is 16.0 Å². The highest BCUT2D eigenvalue weighted by atomic mass is 16.5. The molecule has 1 aromatic rings. The predicted molar refractivity (Wildman–Crippen MR) is 56.4 cm³/mol. The standard InChI is InChI=1S/C11H17N3O/c12-5-8-3-4-15-11(8)9-6-13-14(7-9)10-1-2-10/h6-8,10-11H,1-5,12H2/t8-,11+/m0/s1. The number of nitrogens with zero attached hydrogens (tertiary/aromatic N) is 2. The maximum atomic E-state index is 5.73. The molecule has 0 amide bonds. The molecule has 3 rings (SSSR count). The van der Waals surface area contributed by atoms with Crippen molar-refractivity contribution < 1.29 is 4.74 Å². The Morgan fingerprint density at radius 2 is 2.33 bits per heavy atom. The average Bonchev–Trinajstić information content (AvgIpc) is 2.83. The smallest absolute Gasteiger partial charge is 0.0896 e. The molecule has 82 valence electrons. The van der Waals surface area contributed by atoms with E-state index >= 15 is 0 Å². The van der Waals surface area contributed by atoms with Crippen LogP contribution < -0.4 is 5.73 Å². The summed E-state index contributed by atoms with van der Waals surface area (Å²) in [4.78, 5) is 0. The molecule has 2 fully saturated rings. The molecule has 15 heavy (non-hydrogen) atoms. The minimum Gasteiger partial charge on any atom is -0.373 e. The van der Waals surface area contributed by atoms with E-state index < -0.39 is 0 Å². The average molecular weight is 207 g/mol. The van der Waals surface area contributed by atoms with Crippen LogP contribution in [0.2, 0.25) is 0 Å². The lowest BCUT2D eigenvalue weighted by Crippen LogP contribution is -2.17. The number of hydrogen-bond donors (Lipinski definition) is 1. The third-order valence-electron chi connectivity index (χ3n) is 3.39. The summed E-state index contributed by atoms with van der Waals surface area (Å²) < 4.78 is 7.80. The van der Waals surface area contributed by atoms with Gasteiger partial charge in [0.25, 0.3) is 0 Å². The summed E-state index contributed by atoms with van der Waals surface area (Å²) in [5.41, 5.74) is 6.94. The summed E-state index contributed by atoms with van der Waals surface area (Å²) in [6, 6.07) is 0.650.